The standard InChI is InChI=1S/C12H16O5S/c1-17-12(14)11(13)10-5-3-9(4-6-10)7-8-18(2,15)16/h3-6,11,13H,7-8H2,1-2H3. The van der Waals surface area contributed by atoms with Crippen LogP contribution in [-0.2, 0) is 25.8 Å². The van der Waals surface area contributed by atoms with Gasteiger partial charge in [-0.3, -0.25) is 0 Å². The lowest BCUT2D eigenvalue weighted by molar-refractivity contribution is -0.150. The fraction of sp³-hybridized carbons (Fsp3) is 0.417. The summed E-state index contributed by atoms with van der Waals surface area (Å²) >= 11 is 0. The van der Waals surface area contributed by atoms with E-state index in [1.807, 2.05) is 0 Å². The number of carbonyl (C=O) groups is 1. The van der Waals surface area contributed by atoms with Crippen molar-refractivity contribution >= 4 is 15.8 Å². The van der Waals surface area contributed by atoms with E-state index < -0.39 is 21.9 Å². The molecule has 0 saturated carbocycles. The Bertz CT molecular complexity index is 504. The summed E-state index contributed by atoms with van der Waals surface area (Å²) in [5, 5.41) is 9.57. The van der Waals surface area contributed by atoms with Crippen LogP contribution in [0.15, 0.2) is 24.3 Å². The summed E-state index contributed by atoms with van der Waals surface area (Å²) in [5.74, 6) is -0.648. The van der Waals surface area contributed by atoms with E-state index >= 15 is 0 Å². The second-order valence-electron chi connectivity index (χ2n) is 4.05. The number of aliphatic hydroxyl groups is 1. The normalized spacial score (nSPS) is 13.1. The number of aryl methyl sites for hydroxylation is 1. The van der Waals surface area contributed by atoms with Gasteiger partial charge in [-0.05, 0) is 17.5 Å². The Labute approximate surface area is 106 Å². The van der Waals surface area contributed by atoms with Gasteiger partial charge in [-0.15, -0.1) is 0 Å². The third-order valence-electron chi connectivity index (χ3n) is 2.48. The van der Waals surface area contributed by atoms with Gasteiger partial charge < -0.3 is 9.84 Å². The van der Waals surface area contributed by atoms with Gasteiger partial charge in [0.2, 0.25) is 0 Å². The second kappa shape index (κ2) is 5.97. The first kappa shape index (κ1) is 14.7. The van der Waals surface area contributed by atoms with E-state index in [9.17, 15) is 18.3 Å². The summed E-state index contributed by atoms with van der Waals surface area (Å²) in [6.07, 6.45) is 0.287. The minimum atomic E-state index is -2.99. The lowest BCUT2D eigenvalue weighted by Crippen LogP contribution is -2.13. The fourth-order valence-corrected chi connectivity index (χ4v) is 2.02. The zero-order valence-corrected chi connectivity index (χ0v) is 11.1. The van der Waals surface area contributed by atoms with Gasteiger partial charge in [0.1, 0.15) is 9.84 Å². The largest absolute Gasteiger partial charge is 0.467 e. The Morgan fingerprint density at radius 1 is 1.33 bits per heavy atom. The number of carbonyl (C=O) groups excluding carboxylic acids is 1. The third kappa shape index (κ3) is 4.46. The second-order valence-corrected chi connectivity index (χ2v) is 6.31. The molecule has 0 radical (unpaired) electrons. The predicted octanol–water partition coefficient (Wildman–Crippen LogP) is 0.480. The molecule has 1 N–H and O–H groups in total. The molecule has 0 fully saturated rings. The summed E-state index contributed by atoms with van der Waals surface area (Å²) < 4.78 is 26.4. The molecular weight excluding hydrogens is 256 g/mol. The van der Waals surface area contributed by atoms with Crippen LogP contribution in [-0.4, -0.2) is 38.6 Å². The van der Waals surface area contributed by atoms with Crippen molar-refractivity contribution in [1.82, 2.24) is 0 Å². The van der Waals surface area contributed by atoms with Crippen molar-refractivity contribution in [3.05, 3.63) is 35.4 Å². The van der Waals surface area contributed by atoms with E-state index in [-0.39, 0.29) is 5.75 Å². The van der Waals surface area contributed by atoms with Crippen molar-refractivity contribution in [2.75, 3.05) is 19.1 Å². The molecule has 0 heterocycles. The zero-order valence-electron chi connectivity index (χ0n) is 10.3. The van der Waals surface area contributed by atoms with Crippen LogP contribution in [0.4, 0.5) is 0 Å². The van der Waals surface area contributed by atoms with Crippen molar-refractivity contribution in [2.45, 2.75) is 12.5 Å². The van der Waals surface area contributed by atoms with Crippen LogP contribution >= 0.6 is 0 Å². The molecule has 0 aliphatic heterocycles. The summed E-state index contributed by atoms with van der Waals surface area (Å²) in [7, 11) is -1.79. The Morgan fingerprint density at radius 3 is 2.33 bits per heavy atom. The molecule has 1 atom stereocenters. The van der Waals surface area contributed by atoms with Crippen LogP contribution in [0.1, 0.15) is 17.2 Å². The lowest BCUT2D eigenvalue weighted by atomic mass is 10.1. The van der Waals surface area contributed by atoms with Crippen LogP contribution in [0.3, 0.4) is 0 Å². The molecule has 5 nitrogen and oxygen atoms in total. The number of methoxy groups -OCH3 is 1. The molecule has 18 heavy (non-hydrogen) atoms. The Morgan fingerprint density at radius 2 is 1.89 bits per heavy atom. The van der Waals surface area contributed by atoms with Crippen molar-refractivity contribution < 1.29 is 23.1 Å². The number of hydrogen-bond donors (Lipinski definition) is 1. The van der Waals surface area contributed by atoms with Gasteiger partial charge in [-0.1, -0.05) is 24.3 Å². The maximum atomic E-state index is 11.1. The quantitative estimate of drug-likeness (QED) is 0.789. The number of benzene rings is 1. The lowest BCUT2D eigenvalue weighted by Gasteiger charge is -2.09. The van der Waals surface area contributed by atoms with Gasteiger partial charge in [0.25, 0.3) is 0 Å². The van der Waals surface area contributed by atoms with Gasteiger partial charge in [0.15, 0.2) is 6.10 Å². The molecule has 1 aromatic rings. The zero-order chi connectivity index (χ0) is 13.8. The molecule has 0 aromatic heterocycles. The molecule has 1 aromatic carbocycles. The summed E-state index contributed by atoms with van der Waals surface area (Å²) in [5.41, 5.74) is 1.26. The van der Waals surface area contributed by atoms with Crippen LogP contribution in [0.5, 0.6) is 0 Å². The maximum absolute atomic E-state index is 11.1. The smallest absolute Gasteiger partial charge is 0.339 e. The van der Waals surface area contributed by atoms with Crippen LogP contribution in [0.2, 0.25) is 0 Å². The van der Waals surface area contributed by atoms with E-state index in [0.717, 1.165) is 5.56 Å². The number of esters is 1. The first-order valence-corrected chi connectivity index (χ1v) is 7.42. The molecule has 0 bridgehead atoms. The number of ether oxygens (including phenoxy) is 1. The van der Waals surface area contributed by atoms with Crippen LogP contribution < -0.4 is 0 Å². The van der Waals surface area contributed by atoms with Gasteiger partial charge >= 0.3 is 5.97 Å². The molecule has 0 aliphatic carbocycles. The Hall–Kier alpha value is -1.40. The Kier molecular flexibility index (Phi) is 4.86. The molecule has 1 unspecified atom stereocenters. The summed E-state index contributed by atoms with van der Waals surface area (Å²) in [6.45, 7) is 0. The van der Waals surface area contributed by atoms with E-state index in [1.54, 1.807) is 24.3 Å². The molecule has 100 valence electrons. The molecule has 0 spiro atoms. The highest BCUT2D eigenvalue weighted by Crippen LogP contribution is 2.15. The number of sulfone groups is 1. The first-order chi connectivity index (χ1) is 8.33. The van der Waals surface area contributed by atoms with E-state index in [0.29, 0.717) is 12.0 Å². The monoisotopic (exact) mass is 272 g/mol. The molecule has 0 aliphatic rings. The van der Waals surface area contributed by atoms with E-state index in [2.05, 4.69) is 4.74 Å². The molecule has 6 heteroatoms. The maximum Gasteiger partial charge on any atom is 0.339 e. The number of hydrogen-bond acceptors (Lipinski definition) is 5. The minimum Gasteiger partial charge on any atom is -0.467 e. The van der Waals surface area contributed by atoms with Gasteiger partial charge in [0.05, 0.1) is 12.9 Å². The molecular formula is C12H16O5S. The Balaban J connectivity index is 2.71. The third-order valence-corrected chi connectivity index (χ3v) is 3.43. The van der Waals surface area contributed by atoms with Gasteiger partial charge in [-0.25, -0.2) is 13.2 Å². The van der Waals surface area contributed by atoms with Crippen LogP contribution in [0, 0.1) is 0 Å². The first-order valence-electron chi connectivity index (χ1n) is 5.36. The highest BCUT2D eigenvalue weighted by atomic mass is 32.2. The topological polar surface area (TPSA) is 80.7 Å². The molecule has 1 rings (SSSR count). The summed E-state index contributed by atoms with van der Waals surface area (Å²) in [4.78, 5) is 11.1. The van der Waals surface area contributed by atoms with Crippen molar-refractivity contribution in [3.63, 3.8) is 0 Å². The molecule has 0 amide bonds. The van der Waals surface area contributed by atoms with Crippen LogP contribution in [0.25, 0.3) is 0 Å². The van der Waals surface area contributed by atoms with Gasteiger partial charge in [-0.2, -0.15) is 0 Å². The highest BCUT2D eigenvalue weighted by Gasteiger charge is 2.17. The summed E-state index contributed by atoms with van der Waals surface area (Å²) in [6, 6.07) is 6.54. The number of rotatable bonds is 5. The minimum absolute atomic E-state index is 0.0753. The van der Waals surface area contributed by atoms with E-state index in [1.165, 1.54) is 13.4 Å². The number of aliphatic hydroxyl groups excluding tert-OH is 1. The molecule has 0 saturated heterocycles. The van der Waals surface area contributed by atoms with E-state index in [4.69, 9.17) is 0 Å². The van der Waals surface area contributed by atoms with Crippen molar-refractivity contribution in [3.8, 4) is 0 Å². The fourth-order valence-electron chi connectivity index (χ4n) is 1.42. The van der Waals surface area contributed by atoms with Gasteiger partial charge in [0, 0.05) is 6.26 Å². The van der Waals surface area contributed by atoms with Crippen molar-refractivity contribution in [1.29, 1.82) is 0 Å². The average Bonchev–Trinajstić information content (AvgIpc) is 2.34. The predicted molar refractivity (Wildman–Crippen MR) is 66.8 cm³/mol. The SMILES string of the molecule is COC(=O)C(O)c1ccc(CCS(C)(=O)=O)cc1. The average molecular weight is 272 g/mol. The van der Waals surface area contributed by atoms with Crippen molar-refractivity contribution in [2.24, 2.45) is 0 Å². The highest BCUT2D eigenvalue weighted by molar-refractivity contribution is 7.90.